The van der Waals surface area contributed by atoms with Gasteiger partial charge in [0.25, 0.3) is 5.91 Å². The Morgan fingerprint density at radius 2 is 2.12 bits per heavy atom. The summed E-state index contributed by atoms with van der Waals surface area (Å²) >= 11 is 0. The number of nitrogens with one attached hydrogen (secondary N) is 1. The number of halogens is 1. The molecular formula is C19H24FN3O2. The van der Waals surface area contributed by atoms with Gasteiger partial charge in [-0.05, 0) is 37.5 Å². The number of benzene rings is 1. The maximum atomic E-state index is 13.0. The number of nitrogens with zero attached hydrogens (tertiary/aromatic N) is 2. The molecule has 134 valence electrons. The van der Waals surface area contributed by atoms with Crippen LogP contribution in [0.15, 0.2) is 42.1 Å². The van der Waals surface area contributed by atoms with E-state index in [9.17, 15) is 9.18 Å². The van der Waals surface area contributed by atoms with Gasteiger partial charge in [0.1, 0.15) is 5.82 Å². The van der Waals surface area contributed by atoms with Gasteiger partial charge < -0.3 is 10.2 Å². The van der Waals surface area contributed by atoms with Crippen molar-refractivity contribution in [2.45, 2.75) is 37.8 Å². The van der Waals surface area contributed by atoms with Crippen LogP contribution in [-0.4, -0.2) is 47.8 Å². The lowest BCUT2D eigenvalue weighted by Crippen LogP contribution is -2.51. The minimum Gasteiger partial charge on any atom is -0.379 e. The van der Waals surface area contributed by atoms with E-state index >= 15 is 0 Å². The van der Waals surface area contributed by atoms with Crippen molar-refractivity contribution in [1.82, 2.24) is 10.2 Å². The zero-order valence-electron chi connectivity index (χ0n) is 14.5. The Kier molecular flexibility index (Phi) is 5.18. The molecule has 1 amide bonds. The normalized spacial score (nSPS) is 24.5. The van der Waals surface area contributed by atoms with Gasteiger partial charge in [-0.3, -0.25) is 9.69 Å². The highest BCUT2D eigenvalue weighted by atomic mass is 19.1. The number of amides is 1. The number of piperidine rings is 1. The molecular weight excluding hydrogens is 321 g/mol. The Labute approximate surface area is 147 Å². The molecule has 0 radical (unpaired) electrons. The van der Waals surface area contributed by atoms with Crippen molar-refractivity contribution in [3.05, 3.63) is 48.3 Å². The van der Waals surface area contributed by atoms with Crippen LogP contribution in [0.3, 0.4) is 0 Å². The molecule has 1 saturated heterocycles. The van der Waals surface area contributed by atoms with Gasteiger partial charge in [0.2, 0.25) is 5.60 Å². The SMILES string of the molecule is C=CCN1CCC(NC(=O)C2(C)CC(c3ccc(F)cc3)=NO2)CC1. The van der Waals surface area contributed by atoms with Gasteiger partial charge in [-0.1, -0.05) is 23.4 Å². The van der Waals surface area contributed by atoms with Gasteiger partial charge in [0.15, 0.2) is 0 Å². The largest absolute Gasteiger partial charge is 0.379 e. The molecule has 6 heteroatoms. The van der Waals surface area contributed by atoms with Crippen molar-refractivity contribution in [3.8, 4) is 0 Å². The Bertz CT molecular complexity index is 666. The first-order chi connectivity index (χ1) is 12.0. The van der Waals surface area contributed by atoms with Crippen molar-refractivity contribution < 1.29 is 14.0 Å². The quantitative estimate of drug-likeness (QED) is 0.834. The molecule has 2 aliphatic heterocycles. The predicted octanol–water partition coefficient (Wildman–Crippen LogP) is 2.48. The van der Waals surface area contributed by atoms with Crippen LogP contribution >= 0.6 is 0 Å². The lowest BCUT2D eigenvalue weighted by atomic mass is 9.94. The zero-order chi connectivity index (χ0) is 17.9. The monoisotopic (exact) mass is 345 g/mol. The summed E-state index contributed by atoms with van der Waals surface area (Å²) in [4.78, 5) is 20.5. The van der Waals surface area contributed by atoms with Gasteiger partial charge in [-0.25, -0.2) is 4.39 Å². The van der Waals surface area contributed by atoms with Crippen molar-refractivity contribution >= 4 is 11.6 Å². The molecule has 1 fully saturated rings. The van der Waals surface area contributed by atoms with Crippen LogP contribution in [0.2, 0.25) is 0 Å². The number of oxime groups is 1. The molecule has 0 aliphatic carbocycles. The van der Waals surface area contributed by atoms with E-state index in [0.29, 0.717) is 12.1 Å². The van der Waals surface area contributed by atoms with E-state index < -0.39 is 5.60 Å². The second-order valence-electron chi connectivity index (χ2n) is 6.88. The van der Waals surface area contributed by atoms with Crippen LogP contribution in [-0.2, 0) is 9.63 Å². The summed E-state index contributed by atoms with van der Waals surface area (Å²) in [6.07, 6.45) is 4.11. The van der Waals surface area contributed by atoms with Crippen LogP contribution in [0.5, 0.6) is 0 Å². The first-order valence-electron chi connectivity index (χ1n) is 8.65. The fraction of sp³-hybridized carbons (Fsp3) is 0.474. The molecule has 1 aromatic rings. The van der Waals surface area contributed by atoms with Crippen molar-refractivity contribution in [2.24, 2.45) is 5.16 Å². The minimum absolute atomic E-state index is 0.143. The molecule has 2 aliphatic rings. The Morgan fingerprint density at radius 3 is 2.76 bits per heavy atom. The van der Waals surface area contributed by atoms with Crippen LogP contribution in [0.25, 0.3) is 0 Å². The van der Waals surface area contributed by atoms with Crippen LogP contribution < -0.4 is 5.32 Å². The second-order valence-corrected chi connectivity index (χ2v) is 6.88. The van der Waals surface area contributed by atoms with Gasteiger partial charge in [0, 0.05) is 32.1 Å². The van der Waals surface area contributed by atoms with E-state index in [1.54, 1.807) is 19.1 Å². The fourth-order valence-corrected chi connectivity index (χ4v) is 3.24. The maximum Gasteiger partial charge on any atom is 0.267 e. The molecule has 25 heavy (non-hydrogen) atoms. The smallest absolute Gasteiger partial charge is 0.267 e. The third kappa shape index (κ3) is 4.07. The average Bonchev–Trinajstić information content (AvgIpc) is 3.01. The third-order valence-corrected chi connectivity index (χ3v) is 4.83. The Hall–Kier alpha value is -2.21. The minimum atomic E-state index is -1.01. The molecule has 1 atom stereocenters. The van der Waals surface area contributed by atoms with Gasteiger partial charge in [-0.15, -0.1) is 6.58 Å². The van der Waals surface area contributed by atoms with E-state index in [1.165, 1.54) is 12.1 Å². The summed E-state index contributed by atoms with van der Waals surface area (Å²) in [5, 5.41) is 7.15. The number of hydrogen-bond acceptors (Lipinski definition) is 4. The Morgan fingerprint density at radius 1 is 1.44 bits per heavy atom. The molecule has 0 aromatic heterocycles. The van der Waals surface area contributed by atoms with Crippen molar-refractivity contribution in [3.63, 3.8) is 0 Å². The summed E-state index contributed by atoms with van der Waals surface area (Å²) in [5.41, 5.74) is 0.427. The molecule has 1 aromatic carbocycles. The summed E-state index contributed by atoms with van der Waals surface area (Å²) in [6, 6.07) is 6.21. The fourth-order valence-electron chi connectivity index (χ4n) is 3.24. The Balaban J connectivity index is 1.55. The highest BCUT2D eigenvalue weighted by Crippen LogP contribution is 2.27. The van der Waals surface area contributed by atoms with Crippen LogP contribution in [0.1, 0.15) is 31.7 Å². The van der Waals surface area contributed by atoms with Crippen LogP contribution in [0, 0.1) is 5.82 Å². The molecule has 1 N–H and O–H groups in total. The first-order valence-corrected chi connectivity index (χ1v) is 8.65. The average molecular weight is 345 g/mol. The number of carbonyl (C=O) groups excluding carboxylic acids is 1. The predicted molar refractivity (Wildman–Crippen MR) is 94.8 cm³/mol. The van der Waals surface area contributed by atoms with E-state index in [2.05, 4.69) is 22.0 Å². The van der Waals surface area contributed by atoms with E-state index in [0.717, 1.165) is 38.0 Å². The van der Waals surface area contributed by atoms with Gasteiger partial charge in [0.05, 0.1) is 5.71 Å². The van der Waals surface area contributed by atoms with E-state index in [1.807, 2.05) is 6.08 Å². The van der Waals surface area contributed by atoms with E-state index in [4.69, 9.17) is 4.84 Å². The molecule has 2 heterocycles. The van der Waals surface area contributed by atoms with Crippen molar-refractivity contribution in [1.29, 1.82) is 0 Å². The molecule has 3 rings (SSSR count). The number of rotatable bonds is 5. The topological polar surface area (TPSA) is 53.9 Å². The lowest BCUT2D eigenvalue weighted by molar-refractivity contribution is -0.142. The standard InChI is InChI=1S/C19H24FN3O2/c1-3-10-23-11-8-16(9-12-23)21-18(24)19(2)13-17(22-25-19)14-4-6-15(20)7-5-14/h3-7,16H,1,8-13H2,2H3,(H,21,24). The number of hydrogen-bond donors (Lipinski definition) is 1. The third-order valence-electron chi connectivity index (χ3n) is 4.83. The van der Waals surface area contributed by atoms with Gasteiger partial charge in [-0.2, -0.15) is 0 Å². The van der Waals surface area contributed by atoms with Gasteiger partial charge >= 0.3 is 0 Å². The molecule has 0 bridgehead atoms. The summed E-state index contributed by atoms with van der Waals surface area (Å²) in [5.74, 6) is -0.443. The molecule has 0 spiro atoms. The molecule has 5 nitrogen and oxygen atoms in total. The maximum absolute atomic E-state index is 13.0. The van der Waals surface area contributed by atoms with Crippen LogP contribution in [0.4, 0.5) is 4.39 Å². The summed E-state index contributed by atoms with van der Waals surface area (Å²) in [6.45, 7) is 8.29. The second kappa shape index (κ2) is 7.35. The highest BCUT2D eigenvalue weighted by molar-refractivity contribution is 6.05. The number of likely N-dealkylation sites (tertiary alicyclic amines) is 1. The number of carbonyl (C=O) groups is 1. The highest BCUT2D eigenvalue weighted by Gasteiger charge is 2.43. The first kappa shape index (κ1) is 17.6. The van der Waals surface area contributed by atoms with E-state index in [-0.39, 0.29) is 17.8 Å². The molecule has 0 saturated carbocycles. The molecule has 1 unspecified atom stereocenters. The van der Waals surface area contributed by atoms with Crippen molar-refractivity contribution in [2.75, 3.05) is 19.6 Å². The zero-order valence-corrected chi connectivity index (χ0v) is 14.5. The lowest BCUT2D eigenvalue weighted by Gasteiger charge is -2.33. The summed E-state index contributed by atoms with van der Waals surface area (Å²) < 4.78 is 13.0. The summed E-state index contributed by atoms with van der Waals surface area (Å²) in [7, 11) is 0.